The Hall–Kier alpha value is -1.80. The second-order valence-electron chi connectivity index (χ2n) is 5.25. The zero-order valence-electron chi connectivity index (χ0n) is 13.5. The van der Waals surface area contributed by atoms with Crippen molar-refractivity contribution in [2.75, 3.05) is 0 Å². The molecule has 0 unspecified atom stereocenters. The summed E-state index contributed by atoms with van der Waals surface area (Å²) in [6.07, 6.45) is -2.61. The Morgan fingerprint density at radius 3 is 2.56 bits per heavy atom. The lowest BCUT2D eigenvalue weighted by Gasteiger charge is -2.10. The van der Waals surface area contributed by atoms with Crippen molar-refractivity contribution in [3.63, 3.8) is 0 Å². The van der Waals surface area contributed by atoms with Gasteiger partial charge in [0.1, 0.15) is 12.2 Å². The summed E-state index contributed by atoms with van der Waals surface area (Å²) in [6.45, 7) is 3.17. The molecule has 1 heterocycles. The number of hydrogen-bond acceptors (Lipinski definition) is 4. The summed E-state index contributed by atoms with van der Waals surface area (Å²) in [7, 11) is 0. The second-order valence-corrected chi connectivity index (χ2v) is 6.24. The number of carbonyl (C=O) groups excluding carboxylic acids is 1. The SMILES string of the molecule is Cc1cc(Cl)cc(C)c1/N=C(\OC=O)c1cc(CBr)nn1CC(F)F. The number of hydrogen-bond donors (Lipinski definition) is 0. The first-order valence-corrected chi connectivity index (χ1v) is 8.72. The average molecular weight is 435 g/mol. The van der Waals surface area contributed by atoms with Gasteiger partial charge in [0.05, 0.1) is 11.4 Å². The summed E-state index contributed by atoms with van der Waals surface area (Å²) >= 11 is 9.23. The first-order valence-electron chi connectivity index (χ1n) is 7.22. The van der Waals surface area contributed by atoms with Gasteiger partial charge in [-0.15, -0.1) is 0 Å². The number of alkyl halides is 3. The lowest BCUT2D eigenvalue weighted by molar-refractivity contribution is -0.121. The van der Waals surface area contributed by atoms with Gasteiger partial charge in [-0.25, -0.2) is 13.8 Å². The lowest BCUT2D eigenvalue weighted by atomic mass is 10.1. The molecule has 9 heteroatoms. The quantitative estimate of drug-likeness (QED) is 0.290. The molecular weight excluding hydrogens is 420 g/mol. The zero-order valence-corrected chi connectivity index (χ0v) is 15.8. The summed E-state index contributed by atoms with van der Waals surface area (Å²) < 4.78 is 31.7. The number of benzene rings is 1. The Kier molecular flexibility index (Phi) is 6.66. The van der Waals surface area contributed by atoms with E-state index in [9.17, 15) is 13.6 Å². The van der Waals surface area contributed by atoms with Crippen LogP contribution in [0.1, 0.15) is 22.5 Å². The van der Waals surface area contributed by atoms with Gasteiger partial charge in [0, 0.05) is 10.4 Å². The van der Waals surface area contributed by atoms with Crippen LogP contribution in [0, 0.1) is 13.8 Å². The van der Waals surface area contributed by atoms with Gasteiger partial charge in [-0.2, -0.15) is 5.10 Å². The third-order valence-corrected chi connectivity index (χ3v) is 4.12. The third kappa shape index (κ3) is 4.85. The van der Waals surface area contributed by atoms with Crippen molar-refractivity contribution < 1.29 is 18.3 Å². The van der Waals surface area contributed by atoms with Gasteiger partial charge in [-0.05, 0) is 43.2 Å². The molecule has 0 radical (unpaired) electrons. The van der Waals surface area contributed by atoms with E-state index in [4.69, 9.17) is 16.3 Å². The van der Waals surface area contributed by atoms with Gasteiger partial charge in [0.25, 0.3) is 12.9 Å². The molecule has 134 valence electrons. The maximum Gasteiger partial charge on any atom is 0.299 e. The molecular formula is C16H15BrClF2N3O2. The second kappa shape index (κ2) is 8.53. The number of nitrogens with zero attached hydrogens (tertiary/aromatic N) is 3. The van der Waals surface area contributed by atoms with E-state index < -0.39 is 13.0 Å². The van der Waals surface area contributed by atoms with Crippen LogP contribution in [-0.4, -0.2) is 28.6 Å². The molecule has 0 atom stereocenters. The van der Waals surface area contributed by atoms with E-state index >= 15 is 0 Å². The van der Waals surface area contributed by atoms with Crippen molar-refractivity contribution in [2.24, 2.45) is 4.99 Å². The first-order chi connectivity index (χ1) is 11.8. The van der Waals surface area contributed by atoms with Crippen LogP contribution in [0.15, 0.2) is 23.2 Å². The van der Waals surface area contributed by atoms with E-state index in [2.05, 4.69) is 26.0 Å². The summed E-state index contributed by atoms with van der Waals surface area (Å²) in [4.78, 5) is 15.3. The normalized spacial score (nSPS) is 11.9. The molecule has 0 saturated heterocycles. The molecule has 0 saturated carbocycles. The van der Waals surface area contributed by atoms with Crippen molar-refractivity contribution in [3.8, 4) is 0 Å². The van der Waals surface area contributed by atoms with Crippen molar-refractivity contribution in [2.45, 2.75) is 32.1 Å². The molecule has 0 spiro atoms. The Labute approximate surface area is 156 Å². The molecule has 1 aromatic heterocycles. The van der Waals surface area contributed by atoms with Crippen LogP contribution in [0.5, 0.6) is 0 Å². The third-order valence-electron chi connectivity index (χ3n) is 3.33. The number of aromatic nitrogens is 2. The Morgan fingerprint density at radius 2 is 2.04 bits per heavy atom. The first kappa shape index (κ1) is 19.5. The number of halogens is 4. The maximum atomic E-state index is 12.8. The molecule has 1 aromatic carbocycles. The molecule has 0 N–H and O–H groups in total. The Balaban J connectivity index is 2.59. The van der Waals surface area contributed by atoms with E-state index in [1.54, 1.807) is 32.0 Å². The molecule has 2 rings (SSSR count). The molecule has 5 nitrogen and oxygen atoms in total. The van der Waals surface area contributed by atoms with Gasteiger partial charge in [-0.1, -0.05) is 27.5 Å². The topological polar surface area (TPSA) is 56.5 Å². The average Bonchev–Trinajstić information content (AvgIpc) is 2.91. The minimum Gasteiger partial charge on any atom is -0.407 e. The molecule has 25 heavy (non-hydrogen) atoms. The van der Waals surface area contributed by atoms with Gasteiger partial charge < -0.3 is 4.74 Å². The van der Waals surface area contributed by atoms with E-state index in [1.165, 1.54) is 0 Å². The molecule has 2 aromatic rings. The van der Waals surface area contributed by atoms with Gasteiger partial charge in [-0.3, -0.25) is 9.48 Å². The largest absolute Gasteiger partial charge is 0.407 e. The smallest absolute Gasteiger partial charge is 0.299 e. The number of aliphatic imine (C=N–C) groups is 1. The summed E-state index contributed by atoms with van der Waals surface area (Å²) in [5, 5.41) is 4.98. The molecule has 0 aliphatic carbocycles. The predicted octanol–water partition coefficient (Wildman–Crippen LogP) is 4.56. The predicted molar refractivity (Wildman–Crippen MR) is 95.1 cm³/mol. The fraction of sp³-hybridized carbons (Fsp3) is 0.312. The highest BCUT2D eigenvalue weighted by Crippen LogP contribution is 2.28. The van der Waals surface area contributed by atoms with Crippen molar-refractivity contribution in [3.05, 3.63) is 45.7 Å². The molecule has 0 aliphatic rings. The highest BCUT2D eigenvalue weighted by molar-refractivity contribution is 9.08. The minimum absolute atomic E-state index is 0.108. The van der Waals surface area contributed by atoms with Crippen molar-refractivity contribution in [1.82, 2.24) is 9.78 Å². The van der Waals surface area contributed by atoms with Crippen LogP contribution in [-0.2, 0) is 21.4 Å². The van der Waals surface area contributed by atoms with Crippen molar-refractivity contribution in [1.29, 1.82) is 0 Å². The fourth-order valence-electron chi connectivity index (χ4n) is 2.35. The summed E-state index contributed by atoms with van der Waals surface area (Å²) in [5.74, 6) is -0.108. The van der Waals surface area contributed by atoms with Crippen LogP contribution in [0.4, 0.5) is 14.5 Å². The van der Waals surface area contributed by atoms with Gasteiger partial charge in [0.2, 0.25) is 5.90 Å². The number of aryl methyl sites for hydroxylation is 2. The Bertz CT molecular complexity index is 786. The zero-order chi connectivity index (χ0) is 18.6. The number of ether oxygens (including phenoxy) is 1. The molecule has 0 amide bonds. The molecule has 0 fully saturated rings. The van der Waals surface area contributed by atoms with Crippen LogP contribution < -0.4 is 0 Å². The van der Waals surface area contributed by atoms with E-state index in [0.29, 0.717) is 21.7 Å². The Morgan fingerprint density at radius 1 is 1.40 bits per heavy atom. The standard InChI is InChI=1S/C16H15BrClF2N3O2/c1-9-3-11(18)4-10(2)15(9)21-16(25-8-24)13-5-12(6-17)22-23(13)7-14(19)20/h3-5,8,14H,6-7H2,1-2H3/b21-16-. The highest BCUT2D eigenvalue weighted by atomic mass is 79.9. The maximum absolute atomic E-state index is 12.8. The fourth-order valence-corrected chi connectivity index (χ4v) is 2.95. The van der Waals surface area contributed by atoms with E-state index in [1.807, 2.05) is 0 Å². The minimum atomic E-state index is -2.61. The molecule has 0 aliphatic heterocycles. The van der Waals surface area contributed by atoms with Crippen LogP contribution in [0.2, 0.25) is 5.02 Å². The van der Waals surface area contributed by atoms with E-state index in [0.717, 1.165) is 15.8 Å². The van der Waals surface area contributed by atoms with Crippen LogP contribution >= 0.6 is 27.5 Å². The monoisotopic (exact) mass is 433 g/mol. The lowest BCUT2D eigenvalue weighted by Crippen LogP contribution is -2.17. The van der Waals surface area contributed by atoms with Crippen molar-refractivity contribution >= 4 is 45.6 Å². The highest BCUT2D eigenvalue weighted by Gasteiger charge is 2.19. The van der Waals surface area contributed by atoms with Gasteiger partial charge in [0.15, 0.2) is 0 Å². The summed E-state index contributed by atoms with van der Waals surface area (Å²) in [5.41, 5.74) is 2.78. The van der Waals surface area contributed by atoms with Crippen LogP contribution in [0.3, 0.4) is 0 Å². The summed E-state index contributed by atoms with van der Waals surface area (Å²) in [6, 6.07) is 4.97. The van der Waals surface area contributed by atoms with E-state index in [-0.39, 0.29) is 18.1 Å². The number of rotatable bonds is 6. The van der Waals surface area contributed by atoms with Gasteiger partial charge >= 0.3 is 0 Å². The molecule has 0 bridgehead atoms. The number of carbonyl (C=O) groups is 1. The van der Waals surface area contributed by atoms with Crippen LogP contribution in [0.25, 0.3) is 0 Å².